The van der Waals surface area contributed by atoms with Crippen LogP contribution < -0.4 is 0 Å². The van der Waals surface area contributed by atoms with Crippen molar-refractivity contribution >= 4 is 69.6 Å². The van der Waals surface area contributed by atoms with Crippen LogP contribution in [0.3, 0.4) is 0 Å². The maximum atomic E-state index is 10.2. The normalized spacial score (nSPS) is 13.8. The summed E-state index contributed by atoms with van der Waals surface area (Å²) in [6.07, 6.45) is 0.470. The lowest BCUT2D eigenvalue weighted by Crippen LogP contribution is -2.16. The fourth-order valence-corrected chi connectivity index (χ4v) is 2.49. The Labute approximate surface area is 160 Å². The van der Waals surface area contributed by atoms with Gasteiger partial charge in [0.15, 0.2) is 17.5 Å². The predicted octanol–water partition coefficient (Wildman–Crippen LogP) is 4.51. The minimum absolute atomic E-state index is 0.000852. The van der Waals surface area contributed by atoms with Gasteiger partial charge in [0, 0.05) is 17.5 Å². The van der Waals surface area contributed by atoms with Crippen molar-refractivity contribution in [2.45, 2.75) is 14.0 Å². The number of aromatic nitrogens is 3. The molecule has 122 valence electrons. The van der Waals surface area contributed by atoms with Crippen LogP contribution in [0.15, 0.2) is 6.07 Å². The Kier molecular flexibility index (Phi) is 4.19. The first-order chi connectivity index (χ1) is 10.5. The number of halogens is 6. The molecular weight excluding hydrogens is 431 g/mol. The summed E-state index contributed by atoms with van der Waals surface area (Å²) < 4.78 is -3.99. The van der Waals surface area contributed by atoms with Crippen LogP contribution in [0, 0.1) is 0 Å². The number of hydrogen-bond donors (Lipinski definition) is 2. The predicted molar refractivity (Wildman–Crippen MR) is 89.9 cm³/mol. The van der Waals surface area contributed by atoms with E-state index in [1.165, 1.54) is 6.07 Å². The van der Waals surface area contributed by atoms with Gasteiger partial charge in [0.05, 0.1) is 5.56 Å². The van der Waals surface area contributed by atoms with E-state index >= 15 is 0 Å². The van der Waals surface area contributed by atoms with Crippen LogP contribution in [0.5, 0.6) is 11.5 Å². The van der Waals surface area contributed by atoms with E-state index in [9.17, 15) is 10.2 Å². The number of benzene rings is 1. The summed E-state index contributed by atoms with van der Waals surface area (Å²) >= 11 is 34.7. The fraction of sp³-hybridized carbons (Fsp3) is 0.250. The van der Waals surface area contributed by atoms with Gasteiger partial charge in [-0.1, -0.05) is 69.6 Å². The molecule has 3 rings (SSSR count). The third kappa shape index (κ3) is 3.36. The number of nitrogens with zero attached hydrogens (tertiary/aromatic N) is 3. The van der Waals surface area contributed by atoms with Gasteiger partial charge in [0.25, 0.3) is 0 Å². The highest BCUT2D eigenvalue weighted by atomic mass is 35.6. The highest BCUT2D eigenvalue weighted by Gasteiger charge is 2.35. The monoisotopic (exact) mass is 433 g/mol. The molecule has 0 radical (unpaired) electrons. The number of fused-ring (bicyclic) bond motifs is 1. The second-order valence-corrected chi connectivity index (χ2v) is 9.29. The lowest BCUT2D eigenvalue weighted by atomic mass is 10.1. The van der Waals surface area contributed by atoms with Crippen molar-refractivity contribution in [2.24, 2.45) is 0 Å². The Morgan fingerprint density at radius 3 is 1.83 bits per heavy atom. The van der Waals surface area contributed by atoms with Crippen molar-refractivity contribution in [3.63, 3.8) is 0 Å². The molecule has 0 saturated heterocycles. The molecule has 0 amide bonds. The van der Waals surface area contributed by atoms with E-state index in [2.05, 4.69) is 15.0 Å². The zero-order valence-electron chi connectivity index (χ0n) is 10.8. The number of phenolic OH excluding ortho intramolecular Hbond substituents is 2. The van der Waals surface area contributed by atoms with Crippen LogP contribution in [-0.2, 0) is 14.0 Å². The molecule has 0 saturated carbocycles. The van der Waals surface area contributed by atoms with E-state index in [1.54, 1.807) is 0 Å². The van der Waals surface area contributed by atoms with Crippen LogP contribution in [0.1, 0.15) is 22.8 Å². The second kappa shape index (κ2) is 5.55. The van der Waals surface area contributed by atoms with Gasteiger partial charge in [-0.05, 0) is 6.07 Å². The highest BCUT2D eigenvalue weighted by Crippen LogP contribution is 2.48. The zero-order valence-corrected chi connectivity index (χ0v) is 15.3. The van der Waals surface area contributed by atoms with Crippen LogP contribution >= 0.6 is 69.6 Å². The van der Waals surface area contributed by atoms with E-state index in [-0.39, 0.29) is 34.5 Å². The third-order valence-corrected chi connectivity index (χ3v) is 4.12. The van der Waals surface area contributed by atoms with Gasteiger partial charge in [-0.3, -0.25) is 0 Å². The van der Waals surface area contributed by atoms with Gasteiger partial charge < -0.3 is 10.2 Å². The minimum Gasteiger partial charge on any atom is -0.508 e. The van der Waals surface area contributed by atoms with Crippen LogP contribution in [0.4, 0.5) is 0 Å². The highest BCUT2D eigenvalue weighted by molar-refractivity contribution is 6.67. The Morgan fingerprint density at radius 1 is 0.826 bits per heavy atom. The third-order valence-electron chi connectivity index (χ3n) is 3.11. The van der Waals surface area contributed by atoms with E-state index in [0.29, 0.717) is 17.5 Å². The first-order valence-corrected chi connectivity index (χ1v) is 8.22. The first-order valence-electron chi connectivity index (χ1n) is 5.96. The summed E-state index contributed by atoms with van der Waals surface area (Å²) in [5.74, 6) is -0.742. The number of phenols is 2. The van der Waals surface area contributed by atoms with E-state index in [4.69, 9.17) is 69.6 Å². The molecule has 0 aliphatic heterocycles. The molecular formula is C12H5Cl6N3O2. The number of rotatable bonds is 1. The van der Waals surface area contributed by atoms with Gasteiger partial charge in [0.2, 0.25) is 7.59 Å². The Bertz CT molecular complexity index is 784. The lowest BCUT2D eigenvalue weighted by molar-refractivity contribution is 0.464. The second-order valence-electron chi connectivity index (χ2n) is 4.73. The molecule has 1 aromatic heterocycles. The Morgan fingerprint density at radius 2 is 1.35 bits per heavy atom. The van der Waals surface area contributed by atoms with Gasteiger partial charge >= 0.3 is 0 Å². The molecule has 1 aliphatic carbocycles. The van der Waals surface area contributed by atoms with Crippen molar-refractivity contribution in [2.75, 3.05) is 0 Å². The maximum Gasteiger partial charge on any atom is 0.250 e. The molecule has 1 aromatic carbocycles. The summed E-state index contributed by atoms with van der Waals surface area (Å²) in [6, 6.07) is 1.29. The molecule has 1 aliphatic rings. The number of hydrogen-bond acceptors (Lipinski definition) is 5. The fourth-order valence-electron chi connectivity index (χ4n) is 1.98. The average Bonchev–Trinajstić information content (AvgIpc) is 3.21. The summed E-state index contributed by atoms with van der Waals surface area (Å²) in [6.45, 7) is 0. The molecule has 0 atom stereocenters. The van der Waals surface area contributed by atoms with Crippen LogP contribution in [-0.4, -0.2) is 25.2 Å². The van der Waals surface area contributed by atoms with Crippen molar-refractivity contribution in [1.29, 1.82) is 0 Å². The van der Waals surface area contributed by atoms with Gasteiger partial charge in [-0.25, -0.2) is 15.0 Å². The first kappa shape index (κ1) is 17.4. The standard InChI is InChI=1S/C12H5Cl6N3O2/c13-11(14,15)9-19-8(20-10(21-9)12(16,17)18)5-2-6(22)3-1-4(3)7(5)23/h2,22-23H,1H2. The van der Waals surface area contributed by atoms with Crippen molar-refractivity contribution in [3.05, 3.63) is 28.8 Å². The van der Waals surface area contributed by atoms with Crippen LogP contribution in [0.2, 0.25) is 0 Å². The topological polar surface area (TPSA) is 79.1 Å². The maximum absolute atomic E-state index is 10.2. The molecule has 23 heavy (non-hydrogen) atoms. The molecule has 5 nitrogen and oxygen atoms in total. The molecule has 0 spiro atoms. The molecule has 11 heteroatoms. The summed E-state index contributed by atoms with van der Waals surface area (Å²) in [7, 11) is 0. The number of aromatic hydroxyl groups is 2. The van der Waals surface area contributed by atoms with Gasteiger partial charge in [-0.15, -0.1) is 0 Å². The quantitative estimate of drug-likeness (QED) is 0.434. The zero-order chi connectivity index (χ0) is 17.2. The van der Waals surface area contributed by atoms with Crippen molar-refractivity contribution in [1.82, 2.24) is 15.0 Å². The molecule has 0 bridgehead atoms. The molecule has 0 unspecified atom stereocenters. The number of alkyl halides is 6. The van der Waals surface area contributed by atoms with E-state index in [0.717, 1.165) is 0 Å². The molecule has 0 fully saturated rings. The Hall–Kier alpha value is -0.430. The minimum atomic E-state index is -2.00. The lowest BCUT2D eigenvalue weighted by Gasteiger charge is -2.16. The SMILES string of the molecule is Oc1cc(-c2nc(C(Cl)(Cl)Cl)nc(C(Cl)(Cl)Cl)n2)c(O)c2c1C2. The Balaban J connectivity index is 2.24. The average molecular weight is 436 g/mol. The van der Waals surface area contributed by atoms with Gasteiger partial charge in [-0.2, -0.15) is 0 Å². The molecule has 2 aromatic rings. The summed E-state index contributed by atoms with van der Waals surface area (Å²) in [4.78, 5) is 11.8. The van der Waals surface area contributed by atoms with Gasteiger partial charge in [0.1, 0.15) is 11.5 Å². The van der Waals surface area contributed by atoms with E-state index < -0.39 is 7.59 Å². The van der Waals surface area contributed by atoms with Crippen molar-refractivity contribution < 1.29 is 10.2 Å². The van der Waals surface area contributed by atoms with E-state index in [1.807, 2.05) is 0 Å². The van der Waals surface area contributed by atoms with Crippen molar-refractivity contribution in [3.8, 4) is 22.9 Å². The molecule has 1 heterocycles. The summed E-state index contributed by atoms with van der Waals surface area (Å²) in [5.41, 5.74) is 1.36. The largest absolute Gasteiger partial charge is 0.508 e. The smallest absolute Gasteiger partial charge is 0.250 e. The van der Waals surface area contributed by atoms with Crippen LogP contribution in [0.25, 0.3) is 11.4 Å². The molecule has 2 N–H and O–H groups in total. The summed E-state index contributed by atoms with van der Waals surface area (Å²) in [5, 5.41) is 20.1.